The van der Waals surface area contributed by atoms with E-state index in [4.69, 9.17) is 4.84 Å². The second-order valence-corrected chi connectivity index (χ2v) is 5.91. The number of sulfone groups is 1. The van der Waals surface area contributed by atoms with Crippen LogP contribution in [0.4, 0.5) is 0 Å². The lowest BCUT2D eigenvalue weighted by Crippen LogP contribution is -2.26. The molecule has 1 fully saturated rings. The Balaban J connectivity index is 2.20. The van der Waals surface area contributed by atoms with Crippen molar-refractivity contribution in [2.75, 3.05) is 19.4 Å². The number of rotatable bonds is 2. The molecule has 1 amide bonds. The van der Waals surface area contributed by atoms with Crippen molar-refractivity contribution in [3.8, 4) is 0 Å². The Bertz CT molecular complexity index is 515. The summed E-state index contributed by atoms with van der Waals surface area (Å²) in [6.07, 6.45) is 1.96. The molecule has 92 valence electrons. The van der Waals surface area contributed by atoms with Crippen LogP contribution < -0.4 is 0 Å². The largest absolute Gasteiger partial charge is 0.277 e. The molecule has 1 aromatic rings. The summed E-state index contributed by atoms with van der Waals surface area (Å²) in [5, 5.41) is 1.30. The number of hydroxylamine groups is 2. The summed E-state index contributed by atoms with van der Waals surface area (Å²) in [6.45, 7) is 1.12. The summed E-state index contributed by atoms with van der Waals surface area (Å²) in [5.41, 5.74) is 0.430. The monoisotopic (exact) mass is 255 g/mol. The Kier molecular flexibility index (Phi) is 3.17. The van der Waals surface area contributed by atoms with E-state index in [1.165, 1.54) is 29.3 Å². The van der Waals surface area contributed by atoms with Crippen molar-refractivity contribution < 1.29 is 18.0 Å². The van der Waals surface area contributed by atoms with Gasteiger partial charge in [0, 0.05) is 11.8 Å². The fourth-order valence-corrected chi connectivity index (χ4v) is 2.23. The Morgan fingerprint density at radius 1 is 1.29 bits per heavy atom. The van der Waals surface area contributed by atoms with E-state index in [-0.39, 0.29) is 10.8 Å². The topological polar surface area (TPSA) is 63.7 Å². The summed E-state index contributed by atoms with van der Waals surface area (Å²) >= 11 is 0. The van der Waals surface area contributed by atoms with Gasteiger partial charge in [-0.15, -0.1) is 0 Å². The predicted octanol–water partition coefficient (Wildman–Crippen LogP) is 0.868. The molecule has 5 nitrogen and oxygen atoms in total. The molecule has 1 saturated heterocycles. The van der Waals surface area contributed by atoms with E-state index in [1.807, 2.05) is 0 Å². The van der Waals surface area contributed by atoms with Crippen molar-refractivity contribution in [3.05, 3.63) is 29.8 Å². The standard InChI is InChI=1S/C11H13NO4S/c1-17(14,15)10-5-3-9(4-6-10)11(13)12-7-2-8-16-12/h3-6H,2,7-8H2,1H3. The van der Waals surface area contributed by atoms with E-state index in [2.05, 4.69) is 0 Å². The van der Waals surface area contributed by atoms with Gasteiger partial charge < -0.3 is 0 Å². The lowest BCUT2D eigenvalue weighted by molar-refractivity contribution is -0.0768. The molecule has 0 aromatic heterocycles. The lowest BCUT2D eigenvalue weighted by Gasteiger charge is -2.13. The zero-order valence-electron chi connectivity index (χ0n) is 9.42. The Morgan fingerprint density at radius 3 is 2.41 bits per heavy atom. The van der Waals surface area contributed by atoms with Crippen LogP contribution in [0.1, 0.15) is 16.8 Å². The van der Waals surface area contributed by atoms with Crippen LogP contribution in [-0.2, 0) is 14.7 Å². The maximum Gasteiger partial charge on any atom is 0.277 e. The maximum absolute atomic E-state index is 11.9. The van der Waals surface area contributed by atoms with Crippen LogP contribution in [0, 0.1) is 0 Å². The van der Waals surface area contributed by atoms with Gasteiger partial charge in [0.1, 0.15) is 0 Å². The average molecular weight is 255 g/mol. The number of hydrogen-bond donors (Lipinski definition) is 0. The highest BCUT2D eigenvalue weighted by Gasteiger charge is 2.21. The lowest BCUT2D eigenvalue weighted by atomic mass is 10.2. The molecule has 0 N–H and O–H groups in total. The highest BCUT2D eigenvalue weighted by Crippen LogP contribution is 2.14. The molecule has 2 rings (SSSR count). The van der Waals surface area contributed by atoms with Crippen LogP contribution in [0.25, 0.3) is 0 Å². The molecule has 17 heavy (non-hydrogen) atoms. The predicted molar refractivity (Wildman–Crippen MR) is 61.2 cm³/mol. The highest BCUT2D eigenvalue weighted by molar-refractivity contribution is 7.90. The molecule has 1 aliphatic heterocycles. The molecule has 1 aliphatic rings. The molecule has 6 heteroatoms. The Labute approximate surface area is 99.9 Å². The molecular formula is C11H13NO4S. The van der Waals surface area contributed by atoms with E-state index in [0.717, 1.165) is 12.7 Å². The number of carbonyl (C=O) groups excluding carboxylic acids is 1. The van der Waals surface area contributed by atoms with Gasteiger partial charge in [0.05, 0.1) is 18.0 Å². The quantitative estimate of drug-likeness (QED) is 0.786. The zero-order valence-corrected chi connectivity index (χ0v) is 10.2. The highest BCUT2D eigenvalue weighted by atomic mass is 32.2. The minimum absolute atomic E-state index is 0.205. The van der Waals surface area contributed by atoms with Gasteiger partial charge >= 0.3 is 0 Å². The summed E-state index contributed by atoms with van der Waals surface area (Å²) in [4.78, 5) is 17.2. The van der Waals surface area contributed by atoms with Gasteiger partial charge in [-0.3, -0.25) is 9.63 Å². The fourth-order valence-electron chi connectivity index (χ4n) is 1.60. The van der Waals surface area contributed by atoms with Crippen LogP contribution in [-0.4, -0.2) is 38.8 Å². The first-order valence-electron chi connectivity index (χ1n) is 5.23. The number of nitrogens with zero attached hydrogens (tertiary/aromatic N) is 1. The zero-order chi connectivity index (χ0) is 12.5. The van der Waals surface area contributed by atoms with Gasteiger partial charge in [-0.2, -0.15) is 0 Å². The van der Waals surface area contributed by atoms with Crippen molar-refractivity contribution in [2.45, 2.75) is 11.3 Å². The molecule has 0 atom stereocenters. The Hall–Kier alpha value is -1.40. The molecule has 1 heterocycles. The minimum Gasteiger partial charge on any atom is -0.271 e. The van der Waals surface area contributed by atoms with E-state index >= 15 is 0 Å². The van der Waals surface area contributed by atoms with E-state index in [1.54, 1.807) is 0 Å². The normalized spacial score (nSPS) is 16.2. The third-order valence-electron chi connectivity index (χ3n) is 2.51. The van der Waals surface area contributed by atoms with Crippen LogP contribution in [0.2, 0.25) is 0 Å². The van der Waals surface area contributed by atoms with Crippen molar-refractivity contribution in [1.82, 2.24) is 5.06 Å². The van der Waals surface area contributed by atoms with Gasteiger partial charge in [0.15, 0.2) is 9.84 Å². The fraction of sp³-hybridized carbons (Fsp3) is 0.364. The summed E-state index contributed by atoms with van der Waals surface area (Å²) in [7, 11) is -3.22. The number of benzene rings is 1. The van der Waals surface area contributed by atoms with Gasteiger partial charge in [0.2, 0.25) is 0 Å². The molecule has 0 radical (unpaired) electrons. The molecule has 0 spiro atoms. The maximum atomic E-state index is 11.9. The van der Waals surface area contributed by atoms with Crippen LogP contribution in [0.15, 0.2) is 29.2 Å². The van der Waals surface area contributed by atoms with Gasteiger partial charge in [-0.25, -0.2) is 13.5 Å². The molecule has 0 saturated carbocycles. The van der Waals surface area contributed by atoms with Gasteiger partial charge in [-0.05, 0) is 30.7 Å². The number of amides is 1. The second-order valence-electron chi connectivity index (χ2n) is 3.89. The average Bonchev–Trinajstić information content (AvgIpc) is 2.80. The smallest absolute Gasteiger partial charge is 0.271 e. The van der Waals surface area contributed by atoms with Gasteiger partial charge in [-0.1, -0.05) is 0 Å². The third-order valence-corrected chi connectivity index (χ3v) is 3.64. The summed E-state index contributed by atoms with van der Waals surface area (Å²) < 4.78 is 22.5. The minimum atomic E-state index is -3.22. The van der Waals surface area contributed by atoms with E-state index in [0.29, 0.717) is 18.7 Å². The van der Waals surface area contributed by atoms with E-state index < -0.39 is 9.84 Å². The first kappa shape index (κ1) is 12.1. The number of hydrogen-bond acceptors (Lipinski definition) is 4. The molecule has 1 aromatic carbocycles. The van der Waals surface area contributed by atoms with Crippen LogP contribution in [0.3, 0.4) is 0 Å². The number of carbonyl (C=O) groups is 1. The SMILES string of the molecule is CS(=O)(=O)c1ccc(C(=O)N2CCCO2)cc1. The molecule has 0 unspecified atom stereocenters. The molecular weight excluding hydrogens is 242 g/mol. The van der Waals surface area contributed by atoms with E-state index in [9.17, 15) is 13.2 Å². The first-order valence-corrected chi connectivity index (χ1v) is 7.12. The second kappa shape index (κ2) is 4.46. The summed E-state index contributed by atoms with van der Waals surface area (Å²) in [5.74, 6) is -0.234. The summed E-state index contributed by atoms with van der Waals surface area (Å²) in [6, 6.07) is 5.86. The van der Waals surface area contributed by atoms with Crippen LogP contribution in [0.5, 0.6) is 0 Å². The van der Waals surface area contributed by atoms with Crippen LogP contribution >= 0.6 is 0 Å². The van der Waals surface area contributed by atoms with Crippen molar-refractivity contribution in [3.63, 3.8) is 0 Å². The molecule has 0 aliphatic carbocycles. The van der Waals surface area contributed by atoms with Crippen molar-refractivity contribution in [1.29, 1.82) is 0 Å². The molecule has 0 bridgehead atoms. The Morgan fingerprint density at radius 2 is 1.94 bits per heavy atom. The first-order chi connectivity index (χ1) is 7.98. The van der Waals surface area contributed by atoms with Crippen molar-refractivity contribution >= 4 is 15.7 Å². The van der Waals surface area contributed by atoms with Crippen molar-refractivity contribution in [2.24, 2.45) is 0 Å². The third kappa shape index (κ3) is 2.65. The van der Waals surface area contributed by atoms with Gasteiger partial charge in [0.25, 0.3) is 5.91 Å².